The summed E-state index contributed by atoms with van der Waals surface area (Å²) in [6, 6.07) is 6.61. The smallest absolute Gasteiger partial charge is 0.138 e. The Kier molecular flexibility index (Phi) is 5.64. The first-order valence-electron chi connectivity index (χ1n) is 9.65. The second-order valence-electron chi connectivity index (χ2n) is 7.39. The SMILES string of the molecule is CC1CCCN(CCCNc2ncnc3scc(-c4ccc(F)cc4)c23)C1. The number of anilines is 1. The van der Waals surface area contributed by atoms with Gasteiger partial charge in [-0.15, -0.1) is 11.3 Å². The first-order chi connectivity index (χ1) is 13.2. The van der Waals surface area contributed by atoms with E-state index in [0.717, 1.165) is 52.6 Å². The third-order valence-corrected chi connectivity index (χ3v) is 6.10. The maximum atomic E-state index is 13.3. The summed E-state index contributed by atoms with van der Waals surface area (Å²) in [6.07, 6.45) is 5.38. The van der Waals surface area contributed by atoms with Crippen molar-refractivity contribution < 1.29 is 4.39 Å². The minimum absolute atomic E-state index is 0.222. The largest absolute Gasteiger partial charge is 0.369 e. The second kappa shape index (κ2) is 8.31. The van der Waals surface area contributed by atoms with Gasteiger partial charge in [0, 0.05) is 24.0 Å². The van der Waals surface area contributed by atoms with Crippen LogP contribution in [0.2, 0.25) is 0 Å². The number of piperidine rings is 1. The molecule has 1 unspecified atom stereocenters. The molecule has 0 bridgehead atoms. The number of aromatic nitrogens is 2. The Morgan fingerprint density at radius 1 is 1.26 bits per heavy atom. The molecule has 1 atom stereocenters. The summed E-state index contributed by atoms with van der Waals surface area (Å²) in [4.78, 5) is 12.4. The van der Waals surface area contributed by atoms with Gasteiger partial charge in [-0.05, 0) is 56.0 Å². The van der Waals surface area contributed by atoms with Crippen LogP contribution >= 0.6 is 11.3 Å². The van der Waals surface area contributed by atoms with Gasteiger partial charge in [-0.2, -0.15) is 0 Å². The van der Waals surface area contributed by atoms with Gasteiger partial charge in [0.2, 0.25) is 0 Å². The van der Waals surface area contributed by atoms with Crippen LogP contribution in [0.4, 0.5) is 10.2 Å². The van der Waals surface area contributed by atoms with Gasteiger partial charge >= 0.3 is 0 Å². The molecule has 0 radical (unpaired) electrons. The molecule has 2 aromatic heterocycles. The topological polar surface area (TPSA) is 41.0 Å². The zero-order valence-corrected chi connectivity index (χ0v) is 16.4. The van der Waals surface area contributed by atoms with Crippen LogP contribution in [0.25, 0.3) is 21.3 Å². The highest BCUT2D eigenvalue weighted by molar-refractivity contribution is 7.17. The van der Waals surface area contributed by atoms with E-state index in [1.54, 1.807) is 17.7 Å². The van der Waals surface area contributed by atoms with Gasteiger partial charge in [0.1, 0.15) is 22.8 Å². The lowest BCUT2D eigenvalue weighted by Gasteiger charge is -2.30. The van der Waals surface area contributed by atoms with Crippen molar-refractivity contribution in [1.29, 1.82) is 0 Å². The molecule has 1 fully saturated rings. The molecule has 0 saturated carbocycles. The summed E-state index contributed by atoms with van der Waals surface area (Å²) < 4.78 is 13.3. The minimum atomic E-state index is -0.222. The average Bonchev–Trinajstić information content (AvgIpc) is 3.11. The highest BCUT2D eigenvalue weighted by atomic mass is 32.1. The molecular weight excluding hydrogens is 359 g/mol. The number of halogens is 1. The van der Waals surface area contributed by atoms with Gasteiger partial charge in [0.25, 0.3) is 0 Å². The molecule has 3 heterocycles. The maximum Gasteiger partial charge on any atom is 0.138 e. The molecule has 6 heteroatoms. The Labute approximate surface area is 163 Å². The number of hydrogen-bond donors (Lipinski definition) is 1. The summed E-state index contributed by atoms with van der Waals surface area (Å²) in [7, 11) is 0. The van der Waals surface area contributed by atoms with Gasteiger partial charge in [-0.25, -0.2) is 14.4 Å². The van der Waals surface area contributed by atoms with Crippen molar-refractivity contribution in [3.8, 4) is 11.1 Å². The monoisotopic (exact) mass is 384 g/mol. The Balaban J connectivity index is 1.45. The third kappa shape index (κ3) is 4.28. The number of nitrogens with zero attached hydrogens (tertiary/aromatic N) is 3. The van der Waals surface area contributed by atoms with E-state index in [1.807, 2.05) is 12.1 Å². The Morgan fingerprint density at radius 3 is 2.93 bits per heavy atom. The Bertz CT molecular complexity index is 893. The fourth-order valence-electron chi connectivity index (χ4n) is 3.85. The summed E-state index contributed by atoms with van der Waals surface area (Å²) in [5.41, 5.74) is 2.05. The van der Waals surface area contributed by atoms with E-state index in [9.17, 15) is 4.39 Å². The van der Waals surface area contributed by atoms with E-state index in [0.29, 0.717) is 0 Å². The first-order valence-corrected chi connectivity index (χ1v) is 10.5. The number of benzene rings is 1. The number of fused-ring (bicyclic) bond motifs is 1. The third-order valence-electron chi connectivity index (χ3n) is 5.21. The summed E-state index contributed by atoms with van der Waals surface area (Å²) in [5.74, 6) is 1.46. The highest BCUT2D eigenvalue weighted by Crippen LogP contribution is 2.36. The fourth-order valence-corrected chi connectivity index (χ4v) is 4.77. The van der Waals surface area contributed by atoms with Crippen LogP contribution in [0.3, 0.4) is 0 Å². The Hall–Kier alpha value is -2.05. The van der Waals surface area contributed by atoms with Crippen LogP contribution in [-0.2, 0) is 0 Å². The van der Waals surface area contributed by atoms with Crippen molar-refractivity contribution in [1.82, 2.24) is 14.9 Å². The zero-order chi connectivity index (χ0) is 18.6. The highest BCUT2D eigenvalue weighted by Gasteiger charge is 2.16. The molecule has 1 aliphatic rings. The van der Waals surface area contributed by atoms with Crippen molar-refractivity contribution >= 4 is 27.4 Å². The number of thiophene rings is 1. The standard InChI is InChI=1S/C21H25FN4S/c1-15-4-2-10-26(12-15)11-3-9-23-20-19-18(13-27-21(19)25-14-24-20)16-5-7-17(22)8-6-16/h5-8,13-15H,2-4,9-12H2,1H3,(H,23,24,25). The number of hydrogen-bond acceptors (Lipinski definition) is 5. The van der Waals surface area contributed by atoms with Gasteiger partial charge in [0.05, 0.1) is 5.39 Å². The average molecular weight is 385 g/mol. The molecule has 0 aliphatic carbocycles. The van der Waals surface area contributed by atoms with Crippen LogP contribution in [0.1, 0.15) is 26.2 Å². The molecule has 1 aliphatic heterocycles. The van der Waals surface area contributed by atoms with Crippen LogP contribution in [0, 0.1) is 11.7 Å². The predicted molar refractivity (Wildman–Crippen MR) is 111 cm³/mol. The number of rotatable bonds is 6. The normalized spacial score (nSPS) is 18.1. The van der Waals surface area contributed by atoms with Crippen molar-refractivity contribution in [3.63, 3.8) is 0 Å². The number of likely N-dealkylation sites (tertiary alicyclic amines) is 1. The summed E-state index contributed by atoms with van der Waals surface area (Å²) in [5, 5.41) is 6.61. The van der Waals surface area contributed by atoms with Gasteiger partial charge in [-0.1, -0.05) is 19.1 Å². The van der Waals surface area contributed by atoms with Gasteiger partial charge in [0.15, 0.2) is 0 Å². The molecule has 0 spiro atoms. The van der Waals surface area contributed by atoms with E-state index in [-0.39, 0.29) is 5.82 Å². The fraction of sp³-hybridized carbons (Fsp3) is 0.429. The summed E-state index contributed by atoms with van der Waals surface area (Å²) in [6.45, 7) is 6.80. The second-order valence-corrected chi connectivity index (χ2v) is 8.25. The van der Waals surface area contributed by atoms with E-state index < -0.39 is 0 Å². The lowest BCUT2D eigenvalue weighted by Crippen LogP contribution is -2.35. The molecule has 1 aromatic carbocycles. The van der Waals surface area contributed by atoms with Gasteiger partial charge in [-0.3, -0.25) is 0 Å². The van der Waals surface area contributed by atoms with Crippen molar-refractivity contribution in [2.75, 3.05) is 31.5 Å². The quantitative estimate of drug-likeness (QED) is 0.605. The maximum absolute atomic E-state index is 13.3. The lowest BCUT2D eigenvalue weighted by molar-refractivity contribution is 0.183. The van der Waals surface area contributed by atoms with E-state index in [1.165, 1.54) is 38.1 Å². The van der Waals surface area contributed by atoms with Crippen LogP contribution in [-0.4, -0.2) is 41.0 Å². The van der Waals surface area contributed by atoms with Crippen LogP contribution < -0.4 is 5.32 Å². The lowest BCUT2D eigenvalue weighted by atomic mass is 10.0. The molecular formula is C21H25FN4S. The summed E-state index contributed by atoms with van der Waals surface area (Å²) >= 11 is 1.60. The van der Waals surface area contributed by atoms with Crippen LogP contribution in [0.5, 0.6) is 0 Å². The van der Waals surface area contributed by atoms with Crippen molar-refractivity contribution in [3.05, 3.63) is 41.8 Å². The molecule has 1 saturated heterocycles. The molecule has 3 aromatic rings. The first kappa shape index (κ1) is 18.3. The van der Waals surface area contributed by atoms with E-state index in [2.05, 4.69) is 32.5 Å². The molecule has 27 heavy (non-hydrogen) atoms. The van der Waals surface area contributed by atoms with Crippen molar-refractivity contribution in [2.45, 2.75) is 26.2 Å². The van der Waals surface area contributed by atoms with E-state index in [4.69, 9.17) is 0 Å². The van der Waals surface area contributed by atoms with Crippen molar-refractivity contribution in [2.24, 2.45) is 5.92 Å². The zero-order valence-electron chi connectivity index (χ0n) is 15.6. The van der Waals surface area contributed by atoms with Gasteiger partial charge < -0.3 is 10.2 Å². The molecule has 1 N–H and O–H groups in total. The molecule has 0 amide bonds. The number of nitrogens with one attached hydrogen (secondary N) is 1. The Morgan fingerprint density at radius 2 is 2.11 bits per heavy atom. The molecule has 4 nitrogen and oxygen atoms in total. The molecule has 142 valence electrons. The molecule has 4 rings (SSSR count). The van der Waals surface area contributed by atoms with Crippen LogP contribution in [0.15, 0.2) is 36.0 Å². The minimum Gasteiger partial charge on any atom is -0.369 e. The predicted octanol–water partition coefficient (Wildman–Crippen LogP) is 5.03. The van der Waals surface area contributed by atoms with E-state index >= 15 is 0 Å².